The first-order valence-electron chi connectivity index (χ1n) is 9.98. The van der Waals surface area contributed by atoms with E-state index >= 15 is 0 Å². The van der Waals surface area contributed by atoms with Gasteiger partial charge in [-0.25, -0.2) is 8.42 Å². The minimum Gasteiger partial charge on any atom is -0.496 e. The lowest BCUT2D eigenvalue weighted by Gasteiger charge is -2.21. The molecule has 1 N–H and O–H groups in total. The molecule has 0 amide bonds. The molecule has 0 atom stereocenters. The fourth-order valence-electron chi connectivity index (χ4n) is 3.99. The van der Waals surface area contributed by atoms with Crippen LogP contribution >= 0.6 is 0 Å². The molecule has 2 heterocycles. The number of methoxy groups -OCH3 is 1. The molecule has 8 nitrogen and oxygen atoms in total. The van der Waals surface area contributed by atoms with Crippen LogP contribution in [0, 0.1) is 5.92 Å². The molecule has 3 aromatic rings. The molecule has 0 bridgehead atoms. The average molecular weight is 419 g/mol. The highest BCUT2D eigenvalue weighted by Gasteiger charge is 2.22. The highest BCUT2D eigenvalue weighted by atomic mass is 32.2. The van der Waals surface area contributed by atoms with Crippen molar-refractivity contribution in [2.75, 3.05) is 17.6 Å². The molecule has 2 aromatic heterocycles. The van der Waals surface area contributed by atoms with E-state index in [1.807, 2.05) is 24.4 Å². The molecule has 1 aliphatic carbocycles. The summed E-state index contributed by atoms with van der Waals surface area (Å²) in [5.41, 5.74) is 1.39. The molecule has 1 saturated carbocycles. The van der Waals surface area contributed by atoms with E-state index in [4.69, 9.17) is 9.26 Å². The highest BCUT2D eigenvalue weighted by molar-refractivity contribution is 7.92. The third-order valence-electron chi connectivity index (χ3n) is 5.49. The van der Waals surface area contributed by atoms with Crippen molar-refractivity contribution < 1.29 is 17.7 Å². The van der Waals surface area contributed by atoms with Gasteiger partial charge in [0, 0.05) is 12.4 Å². The lowest BCUT2D eigenvalue weighted by Crippen LogP contribution is -2.20. The summed E-state index contributed by atoms with van der Waals surface area (Å²) in [7, 11) is -1.97. The fourth-order valence-corrected chi connectivity index (χ4v) is 5.17. The number of hydrogen-bond acceptors (Lipinski definition) is 6. The Kier molecular flexibility index (Phi) is 5.75. The second-order valence-electron chi connectivity index (χ2n) is 7.62. The van der Waals surface area contributed by atoms with E-state index in [1.54, 1.807) is 18.0 Å². The molecular formula is C20H26N4O4S. The highest BCUT2D eigenvalue weighted by Crippen LogP contribution is 2.34. The monoisotopic (exact) mass is 418 g/mol. The first-order chi connectivity index (χ1) is 14.0. The van der Waals surface area contributed by atoms with Crippen LogP contribution in [0.5, 0.6) is 5.75 Å². The zero-order valence-corrected chi connectivity index (χ0v) is 17.3. The van der Waals surface area contributed by atoms with E-state index in [1.165, 1.54) is 19.3 Å². The molecule has 156 valence electrons. The van der Waals surface area contributed by atoms with Crippen molar-refractivity contribution in [2.45, 2.75) is 45.1 Å². The predicted octanol–water partition coefficient (Wildman–Crippen LogP) is 3.79. The Morgan fingerprint density at radius 1 is 1.28 bits per heavy atom. The number of sulfonamides is 1. The number of rotatable bonds is 8. The van der Waals surface area contributed by atoms with Crippen molar-refractivity contribution in [1.82, 2.24) is 14.9 Å². The van der Waals surface area contributed by atoms with Crippen molar-refractivity contribution >= 4 is 26.8 Å². The molecule has 4 rings (SSSR count). The SMILES string of the molecule is COc1cc(Cn2cccn2)cc2onc(NS(=O)(=O)CCC3CCCCC3)c12. The van der Waals surface area contributed by atoms with Crippen molar-refractivity contribution in [3.8, 4) is 5.75 Å². The molecular weight excluding hydrogens is 392 g/mol. The normalized spacial score (nSPS) is 15.6. The molecule has 0 saturated heterocycles. The molecule has 1 aliphatic rings. The second kappa shape index (κ2) is 8.44. The Bertz CT molecular complexity index is 1050. The minimum absolute atomic E-state index is 0.0890. The largest absolute Gasteiger partial charge is 0.496 e. The fraction of sp³-hybridized carbons (Fsp3) is 0.500. The van der Waals surface area contributed by atoms with Crippen LogP contribution in [0.15, 0.2) is 35.1 Å². The summed E-state index contributed by atoms with van der Waals surface area (Å²) in [5, 5.41) is 8.68. The van der Waals surface area contributed by atoms with Gasteiger partial charge in [-0.3, -0.25) is 9.40 Å². The summed E-state index contributed by atoms with van der Waals surface area (Å²) in [4.78, 5) is 0. The number of anilines is 1. The summed E-state index contributed by atoms with van der Waals surface area (Å²) >= 11 is 0. The van der Waals surface area contributed by atoms with Gasteiger partial charge < -0.3 is 9.26 Å². The number of nitrogens with zero attached hydrogens (tertiary/aromatic N) is 3. The zero-order valence-electron chi connectivity index (χ0n) is 16.5. The van der Waals surface area contributed by atoms with Gasteiger partial charge in [0.15, 0.2) is 11.4 Å². The van der Waals surface area contributed by atoms with Crippen LogP contribution in [-0.4, -0.2) is 36.2 Å². The second-order valence-corrected chi connectivity index (χ2v) is 9.46. The Morgan fingerprint density at radius 2 is 2.10 bits per heavy atom. The van der Waals surface area contributed by atoms with Crippen LogP contribution in [-0.2, 0) is 16.6 Å². The van der Waals surface area contributed by atoms with Gasteiger partial charge in [0.05, 0.1) is 19.4 Å². The summed E-state index contributed by atoms with van der Waals surface area (Å²) in [6.07, 6.45) is 10.1. The van der Waals surface area contributed by atoms with Crippen LogP contribution in [0.1, 0.15) is 44.1 Å². The standard InChI is InChI=1S/C20H26N4O4S/c1-27-17-12-16(14-24-10-5-9-21-24)13-18-19(17)20(22-28-18)23-29(25,26)11-8-15-6-3-2-4-7-15/h5,9-10,12-13,15H,2-4,6-8,11,14H2,1H3,(H,22,23). The Balaban J connectivity index is 1.52. The summed E-state index contributed by atoms with van der Waals surface area (Å²) in [6, 6.07) is 5.53. The number of fused-ring (bicyclic) bond motifs is 1. The van der Waals surface area contributed by atoms with Crippen LogP contribution in [0.2, 0.25) is 0 Å². The third-order valence-corrected chi connectivity index (χ3v) is 6.77. The van der Waals surface area contributed by atoms with Crippen LogP contribution in [0.3, 0.4) is 0 Å². The number of hydrogen-bond donors (Lipinski definition) is 1. The summed E-state index contributed by atoms with van der Waals surface area (Å²) < 4.78 is 40.5. The zero-order chi connectivity index (χ0) is 20.3. The van der Waals surface area contributed by atoms with E-state index in [0.717, 1.165) is 18.4 Å². The maximum absolute atomic E-state index is 12.6. The molecule has 0 radical (unpaired) electrons. The molecule has 9 heteroatoms. The quantitative estimate of drug-likeness (QED) is 0.597. The molecule has 0 unspecified atom stereocenters. The van der Waals surface area contributed by atoms with E-state index < -0.39 is 10.0 Å². The first-order valence-corrected chi connectivity index (χ1v) is 11.6. The number of ether oxygens (including phenoxy) is 1. The van der Waals surface area contributed by atoms with E-state index in [2.05, 4.69) is 15.0 Å². The van der Waals surface area contributed by atoms with Gasteiger partial charge in [-0.2, -0.15) is 5.10 Å². The third kappa shape index (κ3) is 4.72. The molecule has 0 aliphatic heterocycles. The van der Waals surface area contributed by atoms with Gasteiger partial charge >= 0.3 is 0 Å². The molecule has 29 heavy (non-hydrogen) atoms. The van der Waals surface area contributed by atoms with Crippen molar-refractivity contribution in [3.63, 3.8) is 0 Å². The maximum Gasteiger partial charge on any atom is 0.233 e. The molecule has 1 fully saturated rings. The van der Waals surface area contributed by atoms with Gasteiger partial charge in [-0.15, -0.1) is 0 Å². The smallest absolute Gasteiger partial charge is 0.233 e. The van der Waals surface area contributed by atoms with Gasteiger partial charge in [-0.1, -0.05) is 37.3 Å². The van der Waals surface area contributed by atoms with Crippen molar-refractivity contribution in [2.24, 2.45) is 5.92 Å². The maximum atomic E-state index is 12.6. The Labute approximate surface area is 170 Å². The summed E-state index contributed by atoms with van der Waals surface area (Å²) in [6.45, 7) is 0.544. The average Bonchev–Trinajstić information content (AvgIpc) is 3.37. The minimum atomic E-state index is -3.51. The van der Waals surface area contributed by atoms with Crippen LogP contribution in [0.4, 0.5) is 5.82 Å². The van der Waals surface area contributed by atoms with Gasteiger partial charge in [0.25, 0.3) is 0 Å². The van der Waals surface area contributed by atoms with Crippen LogP contribution < -0.4 is 9.46 Å². The van der Waals surface area contributed by atoms with Crippen LogP contribution in [0.25, 0.3) is 11.0 Å². The molecule has 1 aromatic carbocycles. The van der Waals surface area contributed by atoms with Gasteiger partial charge in [0.1, 0.15) is 11.1 Å². The lowest BCUT2D eigenvalue weighted by atomic mass is 9.88. The number of benzene rings is 1. The topological polar surface area (TPSA) is 99.2 Å². The summed E-state index contributed by atoms with van der Waals surface area (Å²) in [5.74, 6) is 1.27. The van der Waals surface area contributed by atoms with Crippen molar-refractivity contribution in [3.05, 3.63) is 36.2 Å². The van der Waals surface area contributed by atoms with E-state index in [0.29, 0.717) is 35.6 Å². The number of nitrogens with one attached hydrogen (secondary N) is 1. The van der Waals surface area contributed by atoms with Gasteiger partial charge in [0.2, 0.25) is 10.0 Å². The Hall–Kier alpha value is -2.55. The number of aromatic nitrogens is 3. The predicted molar refractivity (Wildman–Crippen MR) is 110 cm³/mol. The lowest BCUT2D eigenvalue weighted by molar-refractivity contribution is 0.350. The first kappa shape index (κ1) is 19.8. The van der Waals surface area contributed by atoms with Gasteiger partial charge in [-0.05, 0) is 36.1 Å². The van der Waals surface area contributed by atoms with Crippen molar-refractivity contribution in [1.29, 1.82) is 0 Å². The molecule has 0 spiro atoms. The Morgan fingerprint density at radius 3 is 2.83 bits per heavy atom. The van der Waals surface area contributed by atoms with E-state index in [-0.39, 0.29) is 11.6 Å². The van der Waals surface area contributed by atoms with E-state index in [9.17, 15) is 8.42 Å².